The zero-order valence-electron chi connectivity index (χ0n) is 20.5. The lowest BCUT2D eigenvalue weighted by Gasteiger charge is -2.18. The first-order chi connectivity index (χ1) is 18.8. The lowest BCUT2D eigenvalue weighted by molar-refractivity contribution is -0.136. The van der Waals surface area contributed by atoms with E-state index in [2.05, 4.69) is 0 Å². The Morgan fingerprint density at radius 2 is 1.54 bits per heavy atom. The van der Waals surface area contributed by atoms with Crippen molar-refractivity contribution < 1.29 is 36.6 Å². The van der Waals surface area contributed by atoms with Crippen molar-refractivity contribution >= 4 is 49.1 Å². The number of benzene rings is 3. The van der Waals surface area contributed by atoms with Gasteiger partial charge in [0.15, 0.2) is 0 Å². The molecule has 0 saturated heterocycles. The standard InChI is InChI=1S/C27H25NO8S3/c29-26(30)16-10-20-6-4-5-9-24(20)36-19-18-35-22-13-11-21(12-14-22)28(38(31)32)25-15-17-27(37-25)39(33,34)23-7-2-1-3-8-23/h1-9,11-15,17H,10,16,18-19H2,(H,29,30)(H,31,32). The third kappa shape index (κ3) is 7.24. The third-order valence-electron chi connectivity index (χ3n) is 5.50. The highest BCUT2D eigenvalue weighted by molar-refractivity contribution is 7.93. The van der Waals surface area contributed by atoms with Gasteiger partial charge in [-0.2, -0.15) is 0 Å². The summed E-state index contributed by atoms with van der Waals surface area (Å²) >= 11 is -1.56. The summed E-state index contributed by atoms with van der Waals surface area (Å²) in [4.78, 5) is 11.0. The predicted molar refractivity (Wildman–Crippen MR) is 149 cm³/mol. The minimum atomic E-state index is -3.76. The highest BCUT2D eigenvalue weighted by atomic mass is 32.2. The van der Waals surface area contributed by atoms with Gasteiger partial charge in [-0.3, -0.25) is 9.35 Å². The number of hydrogen-bond acceptors (Lipinski definition) is 7. The Morgan fingerprint density at radius 3 is 2.23 bits per heavy atom. The second-order valence-corrected chi connectivity index (χ2v) is 12.2. The monoisotopic (exact) mass is 587 g/mol. The van der Waals surface area contributed by atoms with Crippen LogP contribution >= 0.6 is 11.3 Å². The van der Waals surface area contributed by atoms with Crippen molar-refractivity contribution in [3.05, 3.63) is 96.6 Å². The van der Waals surface area contributed by atoms with Gasteiger partial charge in [-0.05, 0) is 66.6 Å². The molecule has 0 fully saturated rings. The van der Waals surface area contributed by atoms with E-state index in [4.69, 9.17) is 14.6 Å². The van der Waals surface area contributed by atoms with Crippen LogP contribution in [0, 0.1) is 0 Å². The van der Waals surface area contributed by atoms with E-state index in [0.29, 0.717) is 23.6 Å². The van der Waals surface area contributed by atoms with Crippen LogP contribution < -0.4 is 13.8 Å². The van der Waals surface area contributed by atoms with Gasteiger partial charge in [0.1, 0.15) is 33.9 Å². The molecule has 0 radical (unpaired) electrons. The Morgan fingerprint density at radius 1 is 0.872 bits per heavy atom. The summed E-state index contributed by atoms with van der Waals surface area (Å²) in [5.74, 6) is 0.226. The van der Waals surface area contributed by atoms with E-state index in [9.17, 15) is 22.0 Å². The molecule has 39 heavy (non-hydrogen) atoms. The van der Waals surface area contributed by atoms with Gasteiger partial charge in [-0.1, -0.05) is 36.4 Å². The van der Waals surface area contributed by atoms with E-state index in [-0.39, 0.29) is 33.7 Å². The number of para-hydroxylation sites is 1. The van der Waals surface area contributed by atoms with E-state index in [1.54, 1.807) is 48.5 Å². The zero-order chi connectivity index (χ0) is 27.8. The Balaban J connectivity index is 1.39. The molecule has 0 aliphatic rings. The number of sulfone groups is 1. The number of anilines is 2. The van der Waals surface area contributed by atoms with Gasteiger partial charge in [-0.15, -0.1) is 11.3 Å². The summed E-state index contributed by atoms with van der Waals surface area (Å²) in [6.45, 7) is 0.445. The molecule has 1 heterocycles. The van der Waals surface area contributed by atoms with Gasteiger partial charge in [-0.25, -0.2) is 16.9 Å². The SMILES string of the molecule is O=C(O)CCc1ccccc1OCCOc1ccc(N(c2ccc(S(=O)(=O)c3ccccc3)s2)S(=O)O)cc1. The lowest BCUT2D eigenvalue weighted by atomic mass is 10.1. The van der Waals surface area contributed by atoms with Crippen LogP contribution in [0.25, 0.3) is 0 Å². The van der Waals surface area contributed by atoms with Gasteiger partial charge in [0.25, 0.3) is 11.3 Å². The van der Waals surface area contributed by atoms with Crippen molar-refractivity contribution in [2.24, 2.45) is 0 Å². The average Bonchev–Trinajstić information content (AvgIpc) is 3.42. The van der Waals surface area contributed by atoms with E-state index in [1.165, 1.54) is 24.3 Å². The number of carboxylic acids is 1. The summed E-state index contributed by atoms with van der Waals surface area (Å²) < 4.78 is 60.6. The van der Waals surface area contributed by atoms with Crippen LogP contribution in [0.1, 0.15) is 12.0 Å². The Kier molecular flexibility index (Phi) is 9.36. The molecule has 9 nitrogen and oxygen atoms in total. The van der Waals surface area contributed by atoms with Crippen LogP contribution in [0.3, 0.4) is 0 Å². The first-order valence-electron chi connectivity index (χ1n) is 11.7. The molecule has 0 bridgehead atoms. The predicted octanol–water partition coefficient (Wildman–Crippen LogP) is 5.33. The number of ether oxygens (including phenoxy) is 2. The highest BCUT2D eigenvalue weighted by Crippen LogP contribution is 2.37. The molecule has 0 aliphatic carbocycles. The number of carbonyl (C=O) groups is 1. The molecular weight excluding hydrogens is 562 g/mol. The number of rotatable bonds is 13. The molecular formula is C27H25NO8S3. The van der Waals surface area contributed by atoms with Crippen LogP contribution in [0.2, 0.25) is 0 Å². The molecule has 0 amide bonds. The first kappa shape index (κ1) is 28.3. The highest BCUT2D eigenvalue weighted by Gasteiger charge is 2.24. The molecule has 1 aromatic heterocycles. The molecule has 0 saturated carbocycles. The van der Waals surface area contributed by atoms with Gasteiger partial charge >= 0.3 is 5.97 Å². The zero-order valence-corrected chi connectivity index (χ0v) is 23.0. The van der Waals surface area contributed by atoms with Crippen molar-refractivity contribution in [2.75, 3.05) is 17.5 Å². The Labute approximate surface area is 232 Å². The molecule has 204 valence electrons. The molecule has 1 atom stereocenters. The van der Waals surface area contributed by atoms with Gasteiger partial charge in [0, 0.05) is 6.42 Å². The fraction of sp³-hybridized carbons (Fsp3) is 0.148. The summed E-state index contributed by atoms with van der Waals surface area (Å²) in [6, 6.07) is 24.6. The largest absolute Gasteiger partial charge is 0.490 e. The fourth-order valence-corrected chi connectivity index (χ4v) is 7.12. The smallest absolute Gasteiger partial charge is 0.303 e. The number of thiophene rings is 1. The minimum Gasteiger partial charge on any atom is -0.490 e. The summed E-state index contributed by atoms with van der Waals surface area (Å²) in [6.07, 6.45) is 0.370. The number of nitrogens with zero attached hydrogens (tertiary/aromatic N) is 1. The quantitative estimate of drug-likeness (QED) is 0.159. The third-order valence-corrected chi connectivity index (χ3v) is 9.67. The van der Waals surface area contributed by atoms with Gasteiger partial charge in [0.05, 0.1) is 10.6 Å². The van der Waals surface area contributed by atoms with Crippen LogP contribution in [-0.4, -0.2) is 41.5 Å². The molecule has 2 N–H and O–H groups in total. The van der Waals surface area contributed by atoms with Gasteiger partial charge in [0.2, 0.25) is 9.84 Å². The van der Waals surface area contributed by atoms with Crippen LogP contribution in [0.15, 0.2) is 100 Å². The fourth-order valence-electron chi connectivity index (χ4n) is 3.66. The van der Waals surface area contributed by atoms with Crippen LogP contribution in [0.5, 0.6) is 11.5 Å². The summed E-state index contributed by atoms with van der Waals surface area (Å²) in [5, 5.41) is 9.20. The molecule has 0 aliphatic heterocycles. The average molecular weight is 588 g/mol. The number of aliphatic carboxylic acids is 1. The van der Waals surface area contributed by atoms with Crippen molar-refractivity contribution in [1.29, 1.82) is 0 Å². The van der Waals surface area contributed by atoms with Crippen molar-refractivity contribution in [2.45, 2.75) is 21.9 Å². The van der Waals surface area contributed by atoms with E-state index in [1.807, 2.05) is 18.2 Å². The minimum absolute atomic E-state index is 0.00842. The first-order valence-corrected chi connectivity index (χ1v) is 15.1. The maximum absolute atomic E-state index is 12.9. The molecule has 4 aromatic rings. The Hall–Kier alpha value is -3.71. The normalized spacial score (nSPS) is 12.0. The van der Waals surface area contributed by atoms with Crippen molar-refractivity contribution in [3.63, 3.8) is 0 Å². The summed E-state index contributed by atoms with van der Waals surface area (Å²) in [5.41, 5.74) is 1.17. The number of aryl methyl sites for hydroxylation is 1. The van der Waals surface area contributed by atoms with Crippen molar-refractivity contribution in [1.82, 2.24) is 0 Å². The van der Waals surface area contributed by atoms with Crippen LogP contribution in [-0.2, 0) is 32.3 Å². The van der Waals surface area contributed by atoms with Crippen LogP contribution in [0.4, 0.5) is 10.7 Å². The molecule has 3 aromatic carbocycles. The molecule has 4 rings (SSSR count). The number of hydrogen-bond donors (Lipinski definition) is 2. The maximum Gasteiger partial charge on any atom is 0.303 e. The molecule has 0 spiro atoms. The topological polar surface area (TPSA) is 130 Å². The Bertz CT molecular complexity index is 1540. The molecule has 12 heteroatoms. The van der Waals surface area contributed by atoms with Crippen molar-refractivity contribution in [3.8, 4) is 11.5 Å². The number of carboxylic acid groups (broad SMARTS) is 1. The van der Waals surface area contributed by atoms with Gasteiger partial charge < -0.3 is 14.6 Å². The second-order valence-electron chi connectivity index (χ2n) is 8.13. The van der Waals surface area contributed by atoms with E-state index in [0.717, 1.165) is 21.2 Å². The molecule has 1 unspecified atom stereocenters. The van der Waals surface area contributed by atoms with E-state index >= 15 is 0 Å². The van der Waals surface area contributed by atoms with E-state index < -0.39 is 27.1 Å². The summed E-state index contributed by atoms with van der Waals surface area (Å²) in [7, 11) is -3.76. The second kappa shape index (κ2) is 12.9. The lowest BCUT2D eigenvalue weighted by Crippen LogP contribution is -2.18. The maximum atomic E-state index is 12.9.